The summed E-state index contributed by atoms with van der Waals surface area (Å²) < 4.78 is 11.1. The molecule has 3 aliphatic rings. The molecule has 7 nitrogen and oxygen atoms in total. The fourth-order valence-electron chi connectivity index (χ4n) is 4.71. The molecular formula is C20H36N4O3. The Morgan fingerprint density at radius 1 is 1.15 bits per heavy atom. The molecule has 3 rings (SSSR count). The van der Waals surface area contributed by atoms with Gasteiger partial charge in [0.2, 0.25) is 0 Å². The first-order chi connectivity index (χ1) is 13.1. The molecule has 1 amide bonds. The average molecular weight is 381 g/mol. The van der Waals surface area contributed by atoms with E-state index >= 15 is 0 Å². The topological polar surface area (TPSA) is 75.2 Å². The molecule has 0 aromatic carbocycles. The summed E-state index contributed by atoms with van der Waals surface area (Å²) in [7, 11) is 0. The second kappa shape index (κ2) is 9.13. The molecule has 1 heterocycles. The van der Waals surface area contributed by atoms with E-state index in [0.29, 0.717) is 30.2 Å². The smallest absolute Gasteiger partial charge is 0.409 e. The van der Waals surface area contributed by atoms with Crippen molar-refractivity contribution in [1.82, 2.24) is 15.5 Å². The molecule has 0 bridgehead atoms. The van der Waals surface area contributed by atoms with Gasteiger partial charge in [-0.25, -0.2) is 4.79 Å². The molecule has 0 radical (unpaired) electrons. The third-order valence-corrected chi connectivity index (χ3v) is 6.43. The van der Waals surface area contributed by atoms with Crippen molar-refractivity contribution < 1.29 is 14.3 Å². The van der Waals surface area contributed by atoms with Crippen LogP contribution in [0, 0.1) is 5.41 Å². The first-order valence-corrected chi connectivity index (χ1v) is 10.7. The summed E-state index contributed by atoms with van der Waals surface area (Å²) in [5.41, 5.74) is 0.319. The molecule has 0 aromatic rings. The van der Waals surface area contributed by atoms with Crippen LogP contribution in [0.2, 0.25) is 0 Å². The molecule has 7 heteroatoms. The Morgan fingerprint density at radius 2 is 1.89 bits per heavy atom. The molecule has 27 heavy (non-hydrogen) atoms. The van der Waals surface area contributed by atoms with Crippen molar-refractivity contribution in [3.05, 3.63) is 0 Å². The third-order valence-electron chi connectivity index (χ3n) is 6.43. The van der Waals surface area contributed by atoms with Crippen LogP contribution in [0.4, 0.5) is 4.79 Å². The van der Waals surface area contributed by atoms with Gasteiger partial charge in [-0.15, -0.1) is 0 Å². The first kappa shape index (κ1) is 20.2. The van der Waals surface area contributed by atoms with Gasteiger partial charge in [0.05, 0.1) is 12.7 Å². The van der Waals surface area contributed by atoms with Crippen LogP contribution in [-0.2, 0) is 9.47 Å². The number of nitrogens with one attached hydrogen (secondary N) is 2. The Morgan fingerprint density at radius 3 is 2.44 bits per heavy atom. The predicted molar refractivity (Wildman–Crippen MR) is 106 cm³/mol. The molecular weight excluding hydrogens is 344 g/mol. The molecule has 2 atom stereocenters. The lowest BCUT2D eigenvalue weighted by atomic mass is 9.51. The number of likely N-dealkylation sites (tertiary alicyclic amines) is 1. The molecule has 2 saturated carbocycles. The first-order valence-electron chi connectivity index (χ1n) is 10.7. The van der Waals surface area contributed by atoms with Crippen LogP contribution < -0.4 is 10.6 Å². The number of nitrogens with zero attached hydrogens (tertiary/aromatic N) is 2. The summed E-state index contributed by atoms with van der Waals surface area (Å²) in [6, 6.07) is 0.800. The van der Waals surface area contributed by atoms with Gasteiger partial charge in [-0.05, 0) is 52.9 Å². The van der Waals surface area contributed by atoms with E-state index in [9.17, 15) is 4.79 Å². The maximum atomic E-state index is 11.9. The van der Waals surface area contributed by atoms with Gasteiger partial charge in [-0.1, -0.05) is 6.42 Å². The van der Waals surface area contributed by atoms with Gasteiger partial charge in [-0.3, -0.25) is 4.99 Å². The SMILES string of the molecule is CCN=C(NC1CCN(C(=O)OCC)CC1)NC1CC(OCC)C12CCC2. The minimum Gasteiger partial charge on any atom is -0.450 e. The van der Waals surface area contributed by atoms with Crippen molar-refractivity contribution in [3.8, 4) is 0 Å². The van der Waals surface area contributed by atoms with Gasteiger partial charge in [0.15, 0.2) is 5.96 Å². The highest BCUT2D eigenvalue weighted by molar-refractivity contribution is 5.80. The summed E-state index contributed by atoms with van der Waals surface area (Å²) in [6.45, 7) is 9.44. The predicted octanol–water partition coefficient (Wildman–Crippen LogP) is 2.51. The number of carbonyl (C=O) groups excluding carboxylic acids is 1. The standard InChI is InChI=1S/C20H36N4O3/c1-4-21-18(22-15-8-12-24(13-9-15)19(25)27-6-3)23-16-14-17(26-5-2)20(16)10-7-11-20/h15-17H,4-14H2,1-3H3,(H2,21,22,23). The van der Waals surface area contributed by atoms with Crippen molar-refractivity contribution >= 4 is 12.1 Å². The number of ether oxygens (including phenoxy) is 2. The molecule has 3 fully saturated rings. The number of amides is 1. The zero-order chi connectivity index (χ0) is 19.3. The highest BCUT2D eigenvalue weighted by atomic mass is 16.6. The summed E-state index contributed by atoms with van der Waals surface area (Å²) in [4.78, 5) is 18.3. The van der Waals surface area contributed by atoms with Crippen LogP contribution in [0.25, 0.3) is 0 Å². The quantitative estimate of drug-likeness (QED) is 0.547. The number of piperidine rings is 1. The Balaban J connectivity index is 1.49. The van der Waals surface area contributed by atoms with Crippen LogP contribution >= 0.6 is 0 Å². The van der Waals surface area contributed by atoms with Crippen LogP contribution in [0.3, 0.4) is 0 Å². The summed E-state index contributed by atoms with van der Waals surface area (Å²) in [5.74, 6) is 0.915. The monoisotopic (exact) mass is 380 g/mol. The van der Waals surface area contributed by atoms with Crippen molar-refractivity contribution in [2.24, 2.45) is 10.4 Å². The van der Waals surface area contributed by atoms with E-state index in [-0.39, 0.29) is 6.09 Å². The lowest BCUT2D eigenvalue weighted by molar-refractivity contribution is -0.168. The summed E-state index contributed by atoms with van der Waals surface area (Å²) >= 11 is 0. The van der Waals surface area contributed by atoms with Crippen molar-refractivity contribution in [3.63, 3.8) is 0 Å². The summed E-state index contributed by atoms with van der Waals surface area (Å²) in [6.07, 6.45) is 6.94. The number of rotatable bonds is 6. The molecule has 0 aromatic heterocycles. The zero-order valence-corrected chi connectivity index (χ0v) is 17.1. The van der Waals surface area contributed by atoms with Crippen molar-refractivity contribution in [2.45, 2.75) is 77.5 Å². The minimum absolute atomic E-state index is 0.195. The molecule has 1 aliphatic heterocycles. The minimum atomic E-state index is -0.195. The molecule has 2 aliphatic carbocycles. The van der Waals surface area contributed by atoms with Gasteiger partial charge >= 0.3 is 6.09 Å². The van der Waals surface area contributed by atoms with Gasteiger partial charge in [0.1, 0.15) is 0 Å². The van der Waals surface area contributed by atoms with E-state index in [1.54, 1.807) is 4.90 Å². The average Bonchev–Trinajstić information content (AvgIpc) is 2.60. The Kier molecular flexibility index (Phi) is 6.84. The zero-order valence-electron chi connectivity index (χ0n) is 17.1. The molecule has 2 N–H and O–H groups in total. The normalized spacial score (nSPS) is 27.7. The highest BCUT2D eigenvalue weighted by Crippen LogP contribution is 2.57. The Bertz CT molecular complexity index is 527. The van der Waals surface area contributed by atoms with E-state index in [1.807, 2.05) is 6.92 Å². The van der Waals surface area contributed by atoms with Gasteiger partial charge < -0.3 is 25.0 Å². The van der Waals surface area contributed by atoms with E-state index in [2.05, 4.69) is 29.5 Å². The van der Waals surface area contributed by atoms with E-state index in [0.717, 1.165) is 51.5 Å². The third kappa shape index (κ3) is 4.33. The van der Waals surface area contributed by atoms with Crippen molar-refractivity contribution in [1.29, 1.82) is 0 Å². The fourth-order valence-corrected chi connectivity index (χ4v) is 4.71. The molecule has 2 unspecified atom stereocenters. The second-order valence-electron chi connectivity index (χ2n) is 7.89. The number of guanidine groups is 1. The Labute approximate surface area is 163 Å². The number of carbonyl (C=O) groups is 1. The fraction of sp³-hybridized carbons (Fsp3) is 0.900. The van der Waals surface area contributed by atoms with Crippen LogP contribution in [0.5, 0.6) is 0 Å². The highest BCUT2D eigenvalue weighted by Gasteiger charge is 2.59. The molecule has 1 saturated heterocycles. The molecule has 1 spiro atoms. The van der Waals surface area contributed by atoms with Crippen LogP contribution in [-0.4, -0.2) is 68.0 Å². The lowest BCUT2D eigenvalue weighted by Crippen LogP contribution is -2.69. The van der Waals surface area contributed by atoms with E-state index in [1.165, 1.54) is 19.3 Å². The lowest BCUT2D eigenvalue weighted by Gasteiger charge is -2.61. The van der Waals surface area contributed by atoms with Gasteiger partial charge in [0.25, 0.3) is 0 Å². The maximum Gasteiger partial charge on any atom is 0.409 e. The summed E-state index contributed by atoms with van der Waals surface area (Å²) in [5, 5.41) is 7.29. The number of hydrogen-bond donors (Lipinski definition) is 2. The molecule has 154 valence electrons. The largest absolute Gasteiger partial charge is 0.450 e. The van der Waals surface area contributed by atoms with Crippen LogP contribution in [0.1, 0.15) is 59.3 Å². The maximum absolute atomic E-state index is 11.9. The van der Waals surface area contributed by atoms with Crippen LogP contribution in [0.15, 0.2) is 4.99 Å². The van der Waals surface area contributed by atoms with E-state index < -0.39 is 0 Å². The van der Waals surface area contributed by atoms with Gasteiger partial charge in [-0.2, -0.15) is 0 Å². The van der Waals surface area contributed by atoms with Crippen molar-refractivity contribution in [2.75, 3.05) is 32.8 Å². The van der Waals surface area contributed by atoms with Gasteiger partial charge in [0, 0.05) is 43.7 Å². The number of aliphatic imine (C=N–C) groups is 1. The Hall–Kier alpha value is -1.50. The number of hydrogen-bond acceptors (Lipinski definition) is 4. The second-order valence-corrected chi connectivity index (χ2v) is 7.89. The van der Waals surface area contributed by atoms with E-state index in [4.69, 9.17) is 9.47 Å².